The average molecular weight is 335 g/mol. The molecule has 0 aliphatic carbocycles. The molecular formula is C23H17N3. The van der Waals surface area contributed by atoms with Gasteiger partial charge in [-0.1, -0.05) is 78.9 Å². The van der Waals surface area contributed by atoms with Crippen molar-refractivity contribution in [3.05, 3.63) is 96.7 Å². The molecule has 3 nitrogen and oxygen atoms in total. The maximum absolute atomic E-state index is 4.93. The topological polar surface area (TPSA) is 30.7 Å². The third-order valence-corrected chi connectivity index (χ3v) is 4.70. The minimum Gasteiger partial charge on any atom is -0.319 e. The number of hydrogen-bond acceptors (Lipinski definition) is 2. The maximum Gasteiger partial charge on any atom is 0.141 e. The van der Waals surface area contributed by atoms with Crippen LogP contribution in [0.2, 0.25) is 0 Å². The van der Waals surface area contributed by atoms with E-state index in [1.54, 1.807) is 0 Å². The van der Waals surface area contributed by atoms with Crippen molar-refractivity contribution in [1.82, 2.24) is 14.5 Å². The Labute approximate surface area is 151 Å². The lowest BCUT2D eigenvalue weighted by molar-refractivity contribution is 0.836. The molecule has 2 aromatic heterocycles. The van der Waals surface area contributed by atoms with Crippen molar-refractivity contribution in [2.24, 2.45) is 0 Å². The Morgan fingerprint density at radius 1 is 0.692 bits per heavy atom. The molecule has 3 heteroatoms. The number of nitrogens with zero attached hydrogens (tertiary/aromatic N) is 3. The lowest BCUT2D eigenvalue weighted by atomic mass is 10.1. The van der Waals surface area contributed by atoms with E-state index in [-0.39, 0.29) is 0 Å². The molecule has 5 rings (SSSR count). The van der Waals surface area contributed by atoms with E-state index in [1.807, 2.05) is 24.4 Å². The van der Waals surface area contributed by atoms with Gasteiger partial charge in [0, 0.05) is 17.5 Å². The molecule has 0 fully saturated rings. The molecule has 5 aromatic rings. The van der Waals surface area contributed by atoms with Crippen LogP contribution in [0.4, 0.5) is 0 Å². The van der Waals surface area contributed by atoms with Crippen molar-refractivity contribution in [3.8, 4) is 11.4 Å². The van der Waals surface area contributed by atoms with E-state index in [0.717, 1.165) is 39.9 Å². The Morgan fingerprint density at radius 3 is 2.19 bits per heavy atom. The summed E-state index contributed by atoms with van der Waals surface area (Å²) in [6.07, 6.45) is 1.88. The van der Waals surface area contributed by atoms with Gasteiger partial charge in [-0.2, -0.15) is 0 Å². The summed E-state index contributed by atoms with van der Waals surface area (Å²) in [5.74, 6) is 0.975. The second-order valence-corrected chi connectivity index (χ2v) is 6.38. The summed E-state index contributed by atoms with van der Waals surface area (Å²) in [5.41, 5.74) is 5.43. The second kappa shape index (κ2) is 6.12. The van der Waals surface area contributed by atoms with Crippen molar-refractivity contribution in [2.45, 2.75) is 6.54 Å². The molecule has 3 aromatic carbocycles. The number of fused-ring (bicyclic) bond motifs is 3. The molecule has 2 heterocycles. The van der Waals surface area contributed by atoms with Crippen LogP contribution in [-0.2, 0) is 6.54 Å². The fourth-order valence-corrected chi connectivity index (χ4v) is 3.49. The van der Waals surface area contributed by atoms with Crippen LogP contribution in [0, 0.1) is 0 Å². The summed E-state index contributed by atoms with van der Waals surface area (Å²) in [6.45, 7) is 0.773. The maximum atomic E-state index is 4.93. The van der Waals surface area contributed by atoms with Gasteiger partial charge >= 0.3 is 0 Å². The Hall–Kier alpha value is -3.46. The molecule has 0 saturated heterocycles. The van der Waals surface area contributed by atoms with Gasteiger partial charge in [0.1, 0.15) is 11.3 Å². The Kier molecular flexibility index (Phi) is 3.49. The van der Waals surface area contributed by atoms with Crippen molar-refractivity contribution >= 4 is 21.9 Å². The molecule has 0 radical (unpaired) electrons. The van der Waals surface area contributed by atoms with Crippen LogP contribution in [0.25, 0.3) is 33.3 Å². The first-order valence-electron chi connectivity index (χ1n) is 8.73. The van der Waals surface area contributed by atoms with Gasteiger partial charge in [-0.05, 0) is 11.6 Å². The van der Waals surface area contributed by atoms with Crippen LogP contribution in [0.1, 0.15) is 5.56 Å². The van der Waals surface area contributed by atoms with Gasteiger partial charge in [0.2, 0.25) is 0 Å². The fraction of sp³-hybridized carbons (Fsp3) is 0.0435. The predicted molar refractivity (Wildman–Crippen MR) is 106 cm³/mol. The van der Waals surface area contributed by atoms with Gasteiger partial charge in [0.15, 0.2) is 0 Å². The van der Waals surface area contributed by atoms with Crippen molar-refractivity contribution < 1.29 is 0 Å². The number of pyridine rings is 1. The summed E-state index contributed by atoms with van der Waals surface area (Å²) < 4.78 is 2.31. The quantitative estimate of drug-likeness (QED) is 0.448. The Bertz CT molecular complexity index is 1190. The zero-order valence-electron chi connectivity index (χ0n) is 14.2. The van der Waals surface area contributed by atoms with Crippen molar-refractivity contribution in [1.29, 1.82) is 0 Å². The van der Waals surface area contributed by atoms with Gasteiger partial charge in [-0.3, -0.25) is 4.98 Å². The number of aromatic nitrogens is 3. The van der Waals surface area contributed by atoms with Crippen LogP contribution >= 0.6 is 0 Å². The molecule has 0 spiro atoms. The third kappa shape index (κ3) is 2.45. The Balaban J connectivity index is 1.83. The molecule has 0 amide bonds. The van der Waals surface area contributed by atoms with E-state index in [0.29, 0.717) is 0 Å². The number of benzene rings is 3. The molecule has 0 bridgehead atoms. The van der Waals surface area contributed by atoms with Crippen LogP contribution in [0.5, 0.6) is 0 Å². The summed E-state index contributed by atoms with van der Waals surface area (Å²) in [7, 11) is 0. The normalized spacial score (nSPS) is 11.2. The van der Waals surface area contributed by atoms with Gasteiger partial charge in [-0.25, -0.2) is 4.98 Å². The number of imidazole rings is 1. The summed E-state index contributed by atoms with van der Waals surface area (Å²) >= 11 is 0. The average Bonchev–Trinajstić information content (AvgIpc) is 3.08. The second-order valence-electron chi connectivity index (χ2n) is 6.38. The molecule has 0 aliphatic rings. The standard InChI is InChI=1S/C23H17N3/c1-3-9-17(10-4-1)16-26-22-19-13-7-8-14-20(19)24-15-21(22)25-23(26)18-11-5-2-6-12-18/h1-15H,16H2. The summed E-state index contributed by atoms with van der Waals surface area (Å²) in [6, 6.07) is 29.1. The number of para-hydroxylation sites is 1. The van der Waals surface area contributed by atoms with Gasteiger partial charge in [0.05, 0.1) is 17.2 Å². The zero-order chi connectivity index (χ0) is 17.3. The highest BCUT2D eigenvalue weighted by Crippen LogP contribution is 2.30. The van der Waals surface area contributed by atoms with Gasteiger partial charge in [0.25, 0.3) is 0 Å². The molecule has 0 N–H and O–H groups in total. The largest absolute Gasteiger partial charge is 0.319 e. The van der Waals surface area contributed by atoms with E-state index in [2.05, 4.69) is 76.3 Å². The van der Waals surface area contributed by atoms with Crippen molar-refractivity contribution in [3.63, 3.8) is 0 Å². The van der Waals surface area contributed by atoms with E-state index in [1.165, 1.54) is 5.56 Å². The first-order valence-corrected chi connectivity index (χ1v) is 8.73. The molecule has 124 valence electrons. The predicted octanol–water partition coefficient (Wildman–Crippen LogP) is 5.30. The van der Waals surface area contributed by atoms with Crippen LogP contribution in [0.15, 0.2) is 91.1 Å². The SMILES string of the molecule is c1ccc(Cn2c(-c3ccccc3)nc3cnc4ccccc4c32)cc1. The highest BCUT2D eigenvalue weighted by Gasteiger charge is 2.15. The van der Waals surface area contributed by atoms with E-state index in [4.69, 9.17) is 4.98 Å². The van der Waals surface area contributed by atoms with Gasteiger partial charge < -0.3 is 4.57 Å². The zero-order valence-corrected chi connectivity index (χ0v) is 14.2. The molecule has 26 heavy (non-hydrogen) atoms. The highest BCUT2D eigenvalue weighted by molar-refractivity contribution is 6.03. The first kappa shape index (κ1) is 14.8. The minimum atomic E-state index is 0.773. The summed E-state index contributed by atoms with van der Waals surface area (Å²) in [5, 5.41) is 1.13. The van der Waals surface area contributed by atoms with Crippen LogP contribution < -0.4 is 0 Å². The molecule has 0 saturated carbocycles. The van der Waals surface area contributed by atoms with Crippen molar-refractivity contribution in [2.75, 3.05) is 0 Å². The Morgan fingerprint density at radius 2 is 1.38 bits per heavy atom. The van der Waals surface area contributed by atoms with Crippen LogP contribution in [-0.4, -0.2) is 14.5 Å². The smallest absolute Gasteiger partial charge is 0.141 e. The highest BCUT2D eigenvalue weighted by atomic mass is 15.1. The first-order chi connectivity index (χ1) is 12.9. The lowest BCUT2D eigenvalue weighted by Crippen LogP contribution is -2.02. The fourth-order valence-electron chi connectivity index (χ4n) is 3.49. The molecule has 0 unspecified atom stereocenters. The third-order valence-electron chi connectivity index (χ3n) is 4.70. The van der Waals surface area contributed by atoms with Crippen LogP contribution in [0.3, 0.4) is 0 Å². The summed E-state index contributed by atoms with van der Waals surface area (Å²) in [4.78, 5) is 9.52. The van der Waals surface area contributed by atoms with E-state index in [9.17, 15) is 0 Å². The molecule has 0 aliphatic heterocycles. The van der Waals surface area contributed by atoms with E-state index >= 15 is 0 Å². The number of rotatable bonds is 3. The van der Waals surface area contributed by atoms with Gasteiger partial charge in [-0.15, -0.1) is 0 Å². The van der Waals surface area contributed by atoms with E-state index < -0.39 is 0 Å². The number of hydrogen-bond donors (Lipinski definition) is 0. The molecular weight excluding hydrogens is 318 g/mol. The lowest BCUT2D eigenvalue weighted by Gasteiger charge is -2.11. The monoisotopic (exact) mass is 335 g/mol. The molecule has 0 atom stereocenters. The minimum absolute atomic E-state index is 0.773.